The first-order chi connectivity index (χ1) is 15.6. The van der Waals surface area contributed by atoms with Crippen molar-refractivity contribution < 1.29 is 22.7 Å². The number of carbonyl (C=O) groups excluding carboxylic acids is 1. The van der Waals surface area contributed by atoms with Crippen molar-refractivity contribution in [1.29, 1.82) is 0 Å². The van der Waals surface area contributed by atoms with Gasteiger partial charge in [0.05, 0.1) is 11.5 Å². The van der Waals surface area contributed by atoms with E-state index in [1.807, 2.05) is 4.90 Å². The highest BCUT2D eigenvalue weighted by Gasteiger charge is 2.52. The second kappa shape index (κ2) is 9.38. The van der Waals surface area contributed by atoms with Gasteiger partial charge in [-0.1, -0.05) is 38.0 Å². The molecule has 3 fully saturated rings. The Kier molecular flexibility index (Phi) is 7.00. The van der Waals surface area contributed by atoms with Crippen LogP contribution in [0.15, 0.2) is 35.9 Å². The van der Waals surface area contributed by atoms with Crippen LogP contribution in [0.4, 0.5) is 18.9 Å². The molecule has 1 aromatic carbocycles. The molecule has 8 heteroatoms. The van der Waals surface area contributed by atoms with E-state index in [4.69, 9.17) is 4.74 Å². The average Bonchev–Trinajstić information content (AvgIpc) is 3.06. The van der Waals surface area contributed by atoms with Gasteiger partial charge in [-0.05, 0) is 48.8 Å². The second-order valence-electron chi connectivity index (χ2n) is 10.7. The number of allylic oxidation sites excluding steroid dienone is 1. The van der Waals surface area contributed by atoms with Crippen LogP contribution >= 0.6 is 12.4 Å². The lowest BCUT2D eigenvalue weighted by atomic mass is 9.59. The lowest BCUT2D eigenvalue weighted by molar-refractivity contribution is -0.145. The Labute approximate surface area is 205 Å². The lowest BCUT2D eigenvalue weighted by Crippen LogP contribution is -2.49. The minimum atomic E-state index is -4.34. The Balaban J connectivity index is 0.00000274. The third-order valence-corrected chi connectivity index (χ3v) is 8.45. The predicted octanol–water partition coefficient (Wildman–Crippen LogP) is 5.56. The number of halogens is 4. The van der Waals surface area contributed by atoms with E-state index in [2.05, 4.69) is 24.8 Å². The van der Waals surface area contributed by atoms with Gasteiger partial charge in [-0.25, -0.2) is 0 Å². The third kappa shape index (κ3) is 4.70. The first kappa shape index (κ1) is 25.4. The summed E-state index contributed by atoms with van der Waals surface area (Å²) in [5.41, 5.74) is 1.67. The number of fused-ring (bicyclic) bond motifs is 2. The summed E-state index contributed by atoms with van der Waals surface area (Å²) in [7, 11) is 0. The molecule has 0 aromatic heterocycles. The molecule has 2 aliphatic carbocycles. The molecule has 1 saturated carbocycles. The number of piperazine rings is 1. The molecule has 2 aliphatic heterocycles. The maximum Gasteiger partial charge on any atom is 0.416 e. The standard InChI is InChI=1S/C26H33F3N2O2.ClH/c1-17-5-4-8-25(2)15-23-20(14-22(17)25)21(24(32)33-23)16-30-9-11-31(12-10-30)19-7-3-6-18(13-19)26(27,28)29;/h3,6-7,13-14,17,20-21,23H,4-5,8-12,15-16H2,1-2H3;1H/t17-,20+,21?,23+,25+;/m0./s1. The summed E-state index contributed by atoms with van der Waals surface area (Å²) >= 11 is 0. The Morgan fingerprint density at radius 2 is 1.91 bits per heavy atom. The predicted molar refractivity (Wildman–Crippen MR) is 128 cm³/mol. The van der Waals surface area contributed by atoms with Crippen LogP contribution in [-0.4, -0.2) is 49.7 Å². The number of esters is 1. The second-order valence-corrected chi connectivity index (χ2v) is 10.7. The van der Waals surface area contributed by atoms with E-state index < -0.39 is 11.7 Å². The van der Waals surface area contributed by atoms with Crippen molar-refractivity contribution in [3.63, 3.8) is 0 Å². The molecule has 34 heavy (non-hydrogen) atoms. The van der Waals surface area contributed by atoms with Crippen molar-refractivity contribution in [1.82, 2.24) is 4.90 Å². The number of hydrogen-bond acceptors (Lipinski definition) is 4. The van der Waals surface area contributed by atoms with E-state index in [9.17, 15) is 18.0 Å². The van der Waals surface area contributed by atoms with Crippen molar-refractivity contribution in [3.05, 3.63) is 41.5 Å². The fourth-order valence-electron chi connectivity index (χ4n) is 6.60. The number of ether oxygens (including phenoxy) is 1. The van der Waals surface area contributed by atoms with E-state index in [-0.39, 0.29) is 41.7 Å². The number of hydrogen-bond donors (Lipinski definition) is 0. The maximum absolute atomic E-state index is 13.1. The van der Waals surface area contributed by atoms with E-state index in [0.717, 1.165) is 25.6 Å². The van der Waals surface area contributed by atoms with Crippen LogP contribution in [0.2, 0.25) is 0 Å². The quantitative estimate of drug-likeness (QED) is 0.403. The summed E-state index contributed by atoms with van der Waals surface area (Å²) < 4.78 is 45.1. The van der Waals surface area contributed by atoms with Crippen LogP contribution in [0.25, 0.3) is 0 Å². The van der Waals surface area contributed by atoms with Gasteiger partial charge < -0.3 is 9.64 Å². The van der Waals surface area contributed by atoms with Crippen molar-refractivity contribution in [3.8, 4) is 0 Å². The molecule has 0 amide bonds. The number of carbonyl (C=O) groups is 1. The van der Waals surface area contributed by atoms with Crippen molar-refractivity contribution in [2.75, 3.05) is 37.6 Å². The third-order valence-electron chi connectivity index (χ3n) is 8.45. The first-order valence-corrected chi connectivity index (χ1v) is 12.2. The molecule has 0 spiro atoms. The molecule has 188 valence electrons. The Morgan fingerprint density at radius 3 is 2.62 bits per heavy atom. The zero-order valence-electron chi connectivity index (χ0n) is 19.8. The number of alkyl halides is 3. The van der Waals surface area contributed by atoms with Crippen LogP contribution in [0, 0.1) is 23.2 Å². The van der Waals surface area contributed by atoms with E-state index in [1.165, 1.54) is 37.0 Å². The van der Waals surface area contributed by atoms with Crippen LogP contribution in [-0.2, 0) is 15.7 Å². The SMILES string of the molecule is C[C@H]1CCC[C@]2(C)C[C@H]3OC(=O)C(CN4CCN(c5cccc(C(F)(F)F)c5)CC4)[C@H]3C=C12.Cl. The van der Waals surface area contributed by atoms with E-state index in [0.29, 0.717) is 31.2 Å². The molecule has 4 nitrogen and oxygen atoms in total. The van der Waals surface area contributed by atoms with Gasteiger partial charge in [-0.15, -0.1) is 12.4 Å². The number of benzene rings is 1. The van der Waals surface area contributed by atoms with Gasteiger partial charge in [0.15, 0.2) is 0 Å². The smallest absolute Gasteiger partial charge is 0.416 e. The van der Waals surface area contributed by atoms with Gasteiger partial charge in [-0.2, -0.15) is 13.2 Å². The molecule has 0 N–H and O–H groups in total. The number of rotatable bonds is 3. The molecule has 2 saturated heterocycles. The average molecular weight is 499 g/mol. The van der Waals surface area contributed by atoms with Crippen LogP contribution in [0.5, 0.6) is 0 Å². The van der Waals surface area contributed by atoms with Gasteiger partial charge in [-0.3, -0.25) is 9.69 Å². The van der Waals surface area contributed by atoms with Crippen molar-refractivity contribution >= 4 is 24.1 Å². The topological polar surface area (TPSA) is 32.8 Å². The van der Waals surface area contributed by atoms with Crippen LogP contribution in [0.3, 0.4) is 0 Å². The molecule has 0 bridgehead atoms. The zero-order chi connectivity index (χ0) is 23.4. The van der Waals surface area contributed by atoms with Crippen LogP contribution < -0.4 is 4.90 Å². The van der Waals surface area contributed by atoms with Crippen molar-refractivity contribution in [2.24, 2.45) is 23.2 Å². The number of anilines is 1. The molecule has 1 aromatic rings. The Bertz CT molecular complexity index is 944. The molecule has 5 rings (SSSR count). The maximum atomic E-state index is 13.1. The highest BCUT2D eigenvalue weighted by molar-refractivity contribution is 5.85. The van der Waals surface area contributed by atoms with E-state index >= 15 is 0 Å². The Morgan fingerprint density at radius 1 is 1.18 bits per heavy atom. The molecule has 2 heterocycles. The largest absolute Gasteiger partial charge is 0.461 e. The summed E-state index contributed by atoms with van der Waals surface area (Å²) in [6.45, 7) is 8.04. The van der Waals surface area contributed by atoms with Gasteiger partial charge >= 0.3 is 12.1 Å². The fraction of sp³-hybridized carbons (Fsp3) is 0.654. The minimum Gasteiger partial charge on any atom is -0.461 e. The fourth-order valence-corrected chi connectivity index (χ4v) is 6.60. The van der Waals surface area contributed by atoms with Crippen LogP contribution in [0.1, 0.15) is 45.1 Å². The van der Waals surface area contributed by atoms with E-state index in [1.54, 1.807) is 6.07 Å². The lowest BCUT2D eigenvalue weighted by Gasteiger charge is -2.46. The zero-order valence-corrected chi connectivity index (χ0v) is 20.6. The summed E-state index contributed by atoms with van der Waals surface area (Å²) in [4.78, 5) is 17.1. The summed E-state index contributed by atoms with van der Waals surface area (Å²) in [6.07, 6.45) is 2.58. The monoisotopic (exact) mass is 498 g/mol. The highest BCUT2D eigenvalue weighted by Crippen LogP contribution is 2.54. The van der Waals surface area contributed by atoms with Gasteiger partial charge in [0.25, 0.3) is 0 Å². The van der Waals surface area contributed by atoms with Gasteiger partial charge in [0.2, 0.25) is 0 Å². The summed E-state index contributed by atoms with van der Waals surface area (Å²) in [5, 5.41) is 0. The molecule has 1 unspecified atom stereocenters. The first-order valence-electron chi connectivity index (χ1n) is 12.2. The molecular formula is C26H34ClF3N2O2. The minimum absolute atomic E-state index is 0. The summed E-state index contributed by atoms with van der Waals surface area (Å²) in [5.74, 6) is 0.470. The van der Waals surface area contributed by atoms with Gasteiger partial charge in [0, 0.05) is 44.3 Å². The number of nitrogens with zero attached hydrogens (tertiary/aromatic N) is 2. The molecule has 5 atom stereocenters. The Hall–Kier alpha value is -1.73. The molecule has 0 radical (unpaired) electrons. The summed E-state index contributed by atoms with van der Waals surface area (Å²) in [6, 6.07) is 5.54. The van der Waals surface area contributed by atoms with Gasteiger partial charge in [0.1, 0.15) is 6.10 Å². The highest BCUT2D eigenvalue weighted by atomic mass is 35.5. The molecular weight excluding hydrogens is 465 g/mol. The normalized spacial score (nSPS) is 34.0. The molecule has 4 aliphatic rings. The van der Waals surface area contributed by atoms with Crippen molar-refractivity contribution in [2.45, 2.75) is 51.8 Å².